The molecule has 1 saturated heterocycles. The molecule has 0 radical (unpaired) electrons. The zero-order valence-corrected chi connectivity index (χ0v) is 14.3. The lowest BCUT2D eigenvalue weighted by molar-refractivity contribution is -0.144. The molecule has 0 aromatic carbocycles. The van der Waals surface area contributed by atoms with E-state index in [0.29, 0.717) is 31.8 Å². The van der Waals surface area contributed by atoms with Crippen molar-refractivity contribution >= 4 is 17.7 Å². The van der Waals surface area contributed by atoms with Crippen LogP contribution in [-0.4, -0.2) is 47.0 Å². The maximum absolute atomic E-state index is 12.7. The van der Waals surface area contributed by atoms with E-state index < -0.39 is 17.9 Å². The molecule has 7 nitrogen and oxygen atoms in total. The Morgan fingerprint density at radius 1 is 1.30 bits per heavy atom. The van der Waals surface area contributed by atoms with Gasteiger partial charge in [-0.15, -0.1) is 0 Å². The topological polar surface area (TPSA) is 98.7 Å². The average Bonchev–Trinajstić information content (AvgIpc) is 3.00. The molecule has 2 atom stereocenters. The summed E-state index contributed by atoms with van der Waals surface area (Å²) in [6, 6.07) is -0.446. The number of carbonyl (C=O) groups is 3. The van der Waals surface area contributed by atoms with Crippen molar-refractivity contribution in [2.75, 3.05) is 13.1 Å². The lowest BCUT2D eigenvalue weighted by Gasteiger charge is -2.28. The van der Waals surface area contributed by atoms with Gasteiger partial charge in [0.1, 0.15) is 6.04 Å². The average molecular weight is 327 g/mol. The van der Waals surface area contributed by atoms with Crippen LogP contribution in [0.3, 0.4) is 0 Å². The van der Waals surface area contributed by atoms with Crippen molar-refractivity contribution in [1.82, 2.24) is 15.7 Å². The first-order valence-electron chi connectivity index (χ1n) is 8.41. The third-order valence-electron chi connectivity index (χ3n) is 4.07. The fourth-order valence-corrected chi connectivity index (χ4v) is 2.89. The van der Waals surface area contributed by atoms with Crippen molar-refractivity contribution in [3.63, 3.8) is 0 Å². The number of carbonyl (C=O) groups excluding carboxylic acids is 3. The Morgan fingerprint density at radius 2 is 2.00 bits per heavy atom. The summed E-state index contributed by atoms with van der Waals surface area (Å²) in [5.74, 6) is -1.00. The Hall–Kier alpha value is -1.63. The minimum Gasteiger partial charge on any atom is -0.354 e. The Kier molecular flexibility index (Phi) is 8.02. The van der Waals surface area contributed by atoms with Crippen molar-refractivity contribution in [2.45, 2.75) is 58.9 Å². The van der Waals surface area contributed by atoms with Gasteiger partial charge in [-0.2, -0.15) is 0 Å². The number of rotatable bonds is 8. The van der Waals surface area contributed by atoms with Gasteiger partial charge in [-0.3, -0.25) is 19.6 Å². The quantitative estimate of drug-likeness (QED) is 0.458. The van der Waals surface area contributed by atoms with Crippen molar-refractivity contribution in [3.8, 4) is 0 Å². The summed E-state index contributed by atoms with van der Waals surface area (Å²) >= 11 is 0. The van der Waals surface area contributed by atoms with Gasteiger partial charge in [0.2, 0.25) is 17.7 Å². The number of nitrogens with zero attached hydrogens (tertiary/aromatic N) is 1. The predicted molar refractivity (Wildman–Crippen MR) is 85.5 cm³/mol. The molecule has 0 aliphatic carbocycles. The second-order valence-electron chi connectivity index (χ2n) is 6.55. The van der Waals surface area contributed by atoms with Gasteiger partial charge in [-0.05, 0) is 25.2 Å². The van der Waals surface area contributed by atoms with Crippen LogP contribution >= 0.6 is 0 Å². The van der Waals surface area contributed by atoms with Gasteiger partial charge in [0, 0.05) is 25.4 Å². The van der Waals surface area contributed by atoms with Crippen molar-refractivity contribution < 1.29 is 19.6 Å². The minimum atomic E-state index is -0.572. The lowest BCUT2D eigenvalue weighted by atomic mass is 9.97. The SMILES string of the molecule is CCCC(CC(=O)NO)C(=O)N1CCCC1C(=O)NCC(C)C. The maximum Gasteiger partial charge on any atom is 0.244 e. The summed E-state index contributed by atoms with van der Waals surface area (Å²) in [6.45, 7) is 7.10. The standard InChI is InChI=1S/C16H29N3O4/c1-4-6-12(9-14(20)18-23)16(22)19-8-5-7-13(19)15(21)17-10-11(2)3/h11-13,23H,4-10H2,1-3H3,(H,17,21)(H,18,20). The zero-order chi connectivity index (χ0) is 17.4. The van der Waals surface area contributed by atoms with E-state index in [2.05, 4.69) is 5.32 Å². The highest BCUT2D eigenvalue weighted by Crippen LogP contribution is 2.23. The van der Waals surface area contributed by atoms with E-state index in [1.807, 2.05) is 20.8 Å². The lowest BCUT2D eigenvalue weighted by Crippen LogP contribution is -2.48. The van der Waals surface area contributed by atoms with Gasteiger partial charge in [-0.25, -0.2) is 5.48 Å². The maximum atomic E-state index is 12.7. The number of hydrogen-bond acceptors (Lipinski definition) is 4. The van der Waals surface area contributed by atoms with Gasteiger partial charge in [-0.1, -0.05) is 27.2 Å². The molecule has 0 bridgehead atoms. The summed E-state index contributed by atoms with van der Waals surface area (Å²) in [5, 5.41) is 11.6. The zero-order valence-electron chi connectivity index (χ0n) is 14.3. The third-order valence-corrected chi connectivity index (χ3v) is 4.07. The number of amides is 3. The van der Waals surface area contributed by atoms with Crippen LogP contribution in [0.5, 0.6) is 0 Å². The molecular formula is C16H29N3O4. The predicted octanol–water partition coefficient (Wildman–Crippen LogP) is 1.06. The Labute approximate surface area is 137 Å². The fraction of sp³-hybridized carbons (Fsp3) is 0.812. The normalized spacial score (nSPS) is 18.8. The number of hydroxylamine groups is 1. The molecule has 0 saturated carbocycles. The molecule has 1 aliphatic rings. The number of nitrogens with one attached hydrogen (secondary N) is 2. The summed E-state index contributed by atoms with van der Waals surface area (Å²) in [5.41, 5.74) is 1.58. The van der Waals surface area contributed by atoms with Crippen LogP contribution in [0.25, 0.3) is 0 Å². The first-order valence-corrected chi connectivity index (χ1v) is 8.41. The van der Waals surface area contributed by atoms with Crippen molar-refractivity contribution in [2.24, 2.45) is 11.8 Å². The molecule has 0 aromatic rings. The molecule has 1 rings (SSSR count). The Balaban J connectivity index is 2.73. The highest BCUT2D eigenvalue weighted by molar-refractivity contribution is 5.91. The van der Waals surface area contributed by atoms with Gasteiger partial charge in [0.05, 0.1) is 0 Å². The van der Waals surface area contributed by atoms with Crippen LogP contribution in [0.1, 0.15) is 52.9 Å². The molecule has 2 unspecified atom stereocenters. The largest absolute Gasteiger partial charge is 0.354 e. The molecule has 3 N–H and O–H groups in total. The van der Waals surface area contributed by atoms with E-state index in [-0.39, 0.29) is 18.2 Å². The van der Waals surface area contributed by atoms with E-state index >= 15 is 0 Å². The van der Waals surface area contributed by atoms with Crippen LogP contribution < -0.4 is 10.8 Å². The number of likely N-dealkylation sites (tertiary alicyclic amines) is 1. The van der Waals surface area contributed by atoms with Crippen molar-refractivity contribution in [3.05, 3.63) is 0 Å². The van der Waals surface area contributed by atoms with Gasteiger partial charge in [0.15, 0.2) is 0 Å². The smallest absolute Gasteiger partial charge is 0.244 e. The second kappa shape index (κ2) is 9.50. The Bertz CT molecular complexity index is 426. The van der Waals surface area contributed by atoms with Crippen LogP contribution in [-0.2, 0) is 14.4 Å². The second-order valence-corrected chi connectivity index (χ2v) is 6.55. The molecular weight excluding hydrogens is 298 g/mol. The van der Waals surface area contributed by atoms with E-state index in [9.17, 15) is 14.4 Å². The third kappa shape index (κ3) is 5.82. The first-order chi connectivity index (χ1) is 10.9. The molecule has 3 amide bonds. The molecule has 1 heterocycles. The van der Waals surface area contributed by atoms with Crippen LogP contribution in [0.2, 0.25) is 0 Å². The minimum absolute atomic E-state index is 0.0555. The summed E-state index contributed by atoms with van der Waals surface area (Å²) < 4.78 is 0. The first kappa shape index (κ1) is 19.4. The molecule has 0 aromatic heterocycles. The summed E-state index contributed by atoms with van der Waals surface area (Å²) in [6.07, 6.45) is 2.70. The summed E-state index contributed by atoms with van der Waals surface area (Å²) in [7, 11) is 0. The van der Waals surface area contributed by atoms with E-state index in [1.165, 1.54) is 0 Å². The fourth-order valence-electron chi connectivity index (χ4n) is 2.89. The monoisotopic (exact) mass is 327 g/mol. The van der Waals surface area contributed by atoms with Crippen LogP contribution in [0.15, 0.2) is 0 Å². The highest BCUT2D eigenvalue weighted by atomic mass is 16.5. The van der Waals surface area contributed by atoms with E-state index in [1.54, 1.807) is 10.4 Å². The highest BCUT2D eigenvalue weighted by Gasteiger charge is 2.37. The molecule has 132 valence electrons. The Morgan fingerprint density at radius 3 is 2.57 bits per heavy atom. The van der Waals surface area contributed by atoms with Crippen LogP contribution in [0, 0.1) is 11.8 Å². The van der Waals surface area contributed by atoms with Crippen LogP contribution in [0.4, 0.5) is 0 Å². The molecule has 1 aliphatic heterocycles. The van der Waals surface area contributed by atoms with E-state index in [4.69, 9.17) is 5.21 Å². The molecule has 23 heavy (non-hydrogen) atoms. The van der Waals surface area contributed by atoms with Gasteiger partial charge < -0.3 is 10.2 Å². The van der Waals surface area contributed by atoms with Gasteiger partial charge >= 0.3 is 0 Å². The molecule has 0 spiro atoms. The molecule has 1 fully saturated rings. The summed E-state index contributed by atoms with van der Waals surface area (Å²) in [4.78, 5) is 38.0. The molecule has 7 heteroatoms. The van der Waals surface area contributed by atoms with E-state index in [0.717, 1.165) is 12.8 Å². The number of hydrogen-bond donors (Lipinski definition) is 3. The van der Waals surface area contributed by atoms with Gasteiger partial charge in [0.25, 0.3) is 0 Å². The van der Waals surface area contributed by atoms with Crippen molar-refractivity contribution in [1.29, 1.82) is 0 Å².